The molecule has 0 bridgehead atoms. The fourth-order valence-corrected chi connectivity index (χ4v) is 1.21. The number of aliphatic carboxylic acids is 1. The van der Waals surface area contributed by atoms with Crippen molar-refractivity contribution in [3.63, 3.8) is 0 Å². The summed E-state index contributed by atoms with van der Waals surface area (Å²) in [6.45, 7) is 0. The molecule has 0 aliphatic rings. The van der Waals surface area contributed by atoms with Crippen molar-refractivity contribution in [2.45, 2.75) is 6.42 Å². The molecule has 0 radical (unpaired) electrons. The first-order valence-electron chi connectivity index (χ1n) is 4.64. The van der Waals surface area contributed by atoms with E-state index in [0.29, 0.717) is 11.3 Å². The predicted octanol–water partition coefficient (Wildman–Crippen LogP) is 2.05. The van der Waals surface area contributed by atoms with Gasteiger partial charge in [0.15, 0.2) is 0 Å². The molecule has 4 nitrogen and oxygen atoms in total. The van der Waals surface area contributed by atoms with Crippen LogP contribution in [0.4, 0.5) is 0 Å². The predicted molar refractivity (Wildman–Crippen MR) is 59.0 cm³/mol. The number of rotatable bonds is 4. The van der Waals surface area contributed by atoms with Crippen LogP contribution in [0.3, 0.4) is 0 Å². The average molecular weight is 217 g/mol. The SMILES string of the molecule is COc1ccc(C=CCC(=O)O)cc1C#N. The smallest absolute Gasteiger partial charge is 0.307 e. The van der Waals surface area contributed by atoms with Crippen LogP contribution in [0.2, 0.25) is 0 Å². The van der Waals surface area contributed by atoms with Crippen LogP contribution in [0.15, 0.2) is 24.3 Å². The van der Waals surface area contributed by atoms with Gasteiger partial charge in [0, 0.05) is 0 Å². The lowest BCUT2D eigenvalue weighted by Crippen LogP contribution is -1.90. The van der Waals surface area contributed by atoms with Crippen molar-refractivity contribution in [3.05, 3.63) is 35.4 Å². The lowest BCUT2D eigenvalue weighted by atomic mass is 10.1. The number of hydrogen-bond acceptors (Lipinski definition) is 3. The van der Waals surface area contributed by atoms with E-state index in [1.165, 1.54) is 13.2 Å². The maximum absolute atomic E-state index is 10.3. The van der Waals surface area contributed by atoms with Crippen LogP contribution in [0, 0.1) is 11.3 Å². The molecule has 0 heterocycles. The van der Waals surface area contributed by atoms with E-state index in [1.807, 2.05) is 6.07 Å². The minimum absolute atomic E-state index is 0.0338. The lowest BCUT2D eigenvalue weighted by molar-refractivity contribution is -0.135. The number of carboxylic acid groups (broad SMARTS) is 1. The topological polar surface area (TPSA) is 70.3 Å². The molecule has 0 saturated carbocycles. The van der Waals surface area contributed by atoms with Gasteiger partial charge in [-0.05, 0) is 17.7 Å². The third kappa shape index (κ3) is 3.14. The molecular weight excluding hydrogens is 206 g/mol. The number of nitriles is 1. The number of hydrogen-bond donors (Lipinski definition) is 1. The Bertz CT molecular complexity index is 458. The number of benzene rings is 1. The third-order valence-corrected chi connectivity index (χ3v) is 1.95. The summed E-state index contributed by atoms with van der Waals surface area (Å²) in [5.74, 6) is -0.372. The van der Waals surface area contributed by atoms with Crippen LogP contribution < -0.4 is 4.74 Å². The first-order valence-corrected chi connectivity index (χ1v) is 4.64. The van der Waals surface area contributed by atoms with Crippen LogP contribution >= 0.6 is 0 Å². The van der Waals surface area contributed by atoms with Crippen LogP contribution in [0.1, 0.15) is 17.5 Å². The highest BCUT2D eigenvalue weighted by Gasteiger charge is 2.01. The first-order chi connectivity index (χ1) is 7.67. The van der Waals surface area contributed by atoms with Crippen molar-refractivity contribution in [3.8, 4) is 11.8 Å². The van der Waals surface area contributed by atoms with Crippen LogP contribution in [0.5, 0.6) is 5.75 Å². The first kappa shape index (κ1) is 11.8. The second-order valence-electron chi connectivity index (χ2n) is 3.07. The highest BCUT2D eigenvalue weighted by molar-refractivity contribution is 5.70. The highest BCUT2D eigenvalue weighted by atomic mass is 16.5. The Kier molecular flexibility index (Phi) is 4.10. The molecule has 0 unspecified atom stereocenters. The zero-order chi connectivity index (χ0) is 12.0. The van der Waals surface area contributed by atoms with Gasteiger partial charge in [0.25, 0.3) is 0 Å². The Balaban J connectivity index is 2.88. The quantitative estimate of drug-likeness (QED) is 0.837. The summed E-state index contributed by atoms with van der Waals surface area (Å²) in [6, 6.07) is 7.10. The van der Waals surface area contributed by atoms with E-state index in [-0.39, 0.29) is 6.42 Å². The summed E-state index contributed by atoms with van der Waals surface area (Å²) in [6.07, 6.45) is 3.16. The van der Waals surface area contributed by atoms with Gasteiger partial charge in [0.05, 0.1) is 19.1 Å². The van der Waals surface area contributed by atoms with Gasteiger partial charge in [0.2, 0.25) is 0 Å². The molecule has 0 spiro atoms. The van der Waals surface area contributed by atoms with Gasteiger partial charge in [-0.25, -0.2) is 0 Å². The molecule has 1 aromatic carbocycles. The molecule has 0 aromatic heterocycles. The number of carboxylic acids is 1. The summed E-state index contributed by atoms with van der Waals surface area (Å²) in [5.41, 5.74) is 1.21. The number of nitrogens with zero attached hydrogens (tertiary/aromatic N) is 1. The van der Waals surface area contributed by atoms with Crippen molar-refractivity contribution in [2.24, 2.45) is 0 Å². The summed E-state index contributed by atoms with van der Waals surface area (Å²) in [5, 5.41) is 17.3. The minimum atomic E-state index is -0.884. The van der Waals surface area contributed by atoms with Crippen molar-refractivity contribution in [1.29, 1.82) is 5.26 Å². The number of carbonyl (C=O) groups is 1. The molecule has 0 fully saturated rings. The Hall–Kier alpha value is -2.28. The third-order valence-electron chi connectivity index (χ3n) is 1.95. The van der Waals surface area contributed by atoms with E-state index in [1.54, 1.807) is 24.3 Å². The fourth-order valence-electron chi connectivity index (χ4n) is 1.21. The van der Waals surface area contributed by atoms with Gasteiger partial charge >= 0.3 is 5.97 Å². The summed E-state index contributed by atoms with van der Waals surface area (Å²) in [4.78, 5) is 10.3. The largest absolute Gasteiger partial charge is 0.495 e. The zero-order valence-electron chi connectivity index (χ0n) is 8.80. The van der Waals surface area contributed by atoms with Crippen LogP contribution in [-0.4, -0.2) is 18.2 Å². The van der Waals surface area contributed by atoms with Crippen molar-refractivity contribution < 1.29 is 14.6 Å². The molecule has 1 rings (SSSR count). The summed E-state index contributed by atoms with van der Waals surface area (Å²) in [7, 11) is 1.50. The van der Waals surface area contributed by atoms with Gasteiger partial charge in [-0.3, -0.25) is 4.79 Å². The maximum atomic E-state index is 10.3. The summed E-state index contributed by atoms with van der Waals surface area (Å²) >= 11 is 0. The molecule has 0 aliphatic heterocycles. The minimum Gasteiger partial charge on any atom is -0.495 e. The van der Waals surface area contributed by atoms with E-state index in [9.17, 15) is 4.79 Å². The highest BCUT2D eigenvalue weighted by Crippen LogP contribution is 2.19. The van der Waals surface area contributed by atoms with Gasteiger partial charge in [0.1, 0.15) is 11.8 Å². The molecule has 0 amide bonds. The standard InChI is InChI=1S/C12H11NO3/c1-16-11-6-5-9(7-10(11)8-13)3-2-4-12(14)15/h2-3,5-7H,4H2,1H3,(H,14,15). The molecular formula is C12H11NO3. The molecule has 0 atom stereocenters. The monoisotopic (exact) mass is 217 g/mol. The maximum Gasteiger partial charge on any atom is 0.307 e. The van der Waals surface area contributed by atoms with Crippen molar-refractivity contribution >= 4 is 12.0 Å². The second-order valence-corrected chi connectivity index (χ2v) is 3.07. The molecule has 0 aliphatic carbocycles. The average Bonchev–Trinajstić information content (AvgIpc) is 2.28. The van der Waals surface area contributed by atoms with E-state index >= 15 is 0 Å². The van der Waals surface area contributed by atoms with E-state index in [0.717, 1.165) is 5.56 Å². The molecule has 1 N–H and O–H groups in total. The van der Waals surface area contributed by atoms with Gasteiger partial charge in [-0.2, -0.15) is 5.26 Å². The molecule has 82 valence electrons. The van der Waals surface area contributed by atoms with Crippen molar-refractivity contribution in [1.82, 2.24) is 0 Å². The molecule has 4 heteroatoms. The van der Waals surface area contributed by atoms with E-state index < -0.39 is 5.97 Å². The zero-order valence-corrected chi connectivity index (χ0v) is 8.80. The van der Waals surface area contributed by atoms with E-state index in [4.69, 9.17) is 15.1 Å². The fraction of sp³-hybridized carbons (Fsp3) is 0.167. The Morgan fingerprint density at radius 3 is 2.94 bits per heavy atom. The Morgan fingerprint density at radius 2 is 2.38 bits per heavy atom. The van der Waals surface area contributed by atoms with Crippen molar-refractivity contribution in [2.75, 3.05) is 7.11 Å². The van der Waals surface area contributed by atoms with Gasteiger partial charge < -0.3 is 9.84 Å². The number of ether oxygens (including phenoxy) is 1. The van der Waals surface area contributed by atoms with Gasteiger partial charge in [-0.1, -0.05) is 18.2 Å². The Morgan fingerprint density at radius 1 is 1.62 bits per heavy atom. The Labute approximate surface area is 93.4 Å². The summed E-state index contributed by atoms with van der Waals surface area (Å²) < 4.78 is 4.99. The van der Waals surface area contributed by atoms with Gasteiger partial charge in [-0.15, -0.1) is 0 Å². The number of methoxy groups -OCH3 is 1. The molecule has 1 aromatic rings. The molecule has 0 saturated heterocycles. The normalized spacial score (nSPS) is 10.0. The van der Waals surface area contributed by atoms with Crippen LogP contribution in [0.25, 0.3) is 6.08 Å². The second kappa shape index (κ2) is 5.56. The van der Waals surface area contributed by atoms with Crippen LogP contribution in [-0.2, 0) is 4.79 Å². The van der Waals surface area contributed by atoms with E-state index in [2.05, 4.69) is 0 Å². The lowest BCUT2D eigenvalue weighted by Gasteiger charge is -2.02. The molecule has 16 heavy (non-hydrogen) atoms.